The summed E-state index contributed by atoms with van der Waals surface area (Å²) in [5.41, 5.74) is 3.96. The maximum Gasteiger partial charge on any atom is 0.191 e. The highest BCUT2D eigenvalue weighted by Gasteiger charge is 2.06. The van der Waals surface area contributed by atoms with Crippen LogP contribution >= 0.6 is 0 Å². The van der Waals surface area contributed by atoms with E-state index in [1.807, 2.05) is 7.05 Å². The fourth-order valence-corrected chi connectivity index (χ4v) is 2.84. The van der Waals surface area contributed by atoms with Gasteiger partial charge < -0.3 is 15.5 Å². The van der Waals surface area contributed by atoms with Gasteiger partial charge in [0.15, 0.2) is 5.96 Å². The minimum Gasteiger partial charge on any atom is -0.354 e. The van der Waals surface area contributed by atoms with Crippen molar-refractivity contribution in [1.82, 2.24) is 15.5 Å². The lowest BCUT2D eigenvalue weighted by molar-refractivity contribution is 0.402. The first kappa shape index (κ1) is 20.0. The molecule has 4 nitrogen and oxygen atoms in total. The quantitative estimate of drug-likeness (QED) is 0.565. The normalized spacial score (nSPS) is 12.9. The minimum absolute atomic E-state index is 0.365. The van der Waals surface area contributed by atoms with Crippen molar-refractivity contribution in [3.05, 3.63) is 71.3 Å². The number of benzene rings is 2. The molecule has 140 valence electrons. The van der Waals surface area contributed by atoms with Crippen LogP contribution in [-0.2, 0) is 19.5 Å². The predicted octanol–water partition coefficient (Wildman–Crippen LogP) is 3.43. The number of hydrogen-bond donors (Lipinski definition) is 2. The first-order chi connectivity index (χ1) is 12.6. The van der Waals surface area contributed by atoms with Crippen molar-refractivity contribution in [2.24, 2.45) is 4.99 Å². The molecule has 2 N–H and O–H groups in total. The Morgan fingerprint density at radius 2 is 1.62 bits per heavy atom. The number of hydrogen-bond acceptors (Lipinski definition) is 2. The Hall–Kier alpha value is -2.33. The number of aryl methyl sites for hydroxylation is 1. The molecular formula is C22H32N4. The van der Waals surface area contributed by atoms with Crippen LogP contribution in [-0.4, -0.2) is 38.0 Å². The molecule has 0 spiro atoms. The molecule has 0 fully saturated rings. The average molecular weight is 353 g/mol. The Labute approximate surface area is 158 Å². The highest BCUT2D eigenvalue weighted by molar-refractivity contribution is 5.79. The minimum atomic E-state index is 0.365. The predicted molar refractivity (Wildman–Crippen MR) is 111 cm³/mol. The van der Waals surface area contributed by atoms with E-state index in [2.05, 4.69) is 96.1 Å². The van der Waals surface area contributed by atoms with Crippen LogP contribution in [0.1, 0.15) is 30.0 Å². The zero-order valence-corrected chi connectivity index (χ0v) is 16.5. The molecule has 2 aromatic rings. The summed E-state index contributed by atoms with van der Waals surface area (Å²) in [6.45, 7) is 3.94. The Kier molecular flexibility index (Phi) is 8.16. The van der Waals surface area contributed by atoms with Crippen molar-refractivity contribution in [3.63, 3.8) is 0 Å². The molecule has 26 heavy (non-hydrogen) atoms. The molecule has 0 aromatic heterocycles. The van der Waals surface area contributed by atoms with E-state index >= 15 is 0 Å². The number of nitrogens with one attached hydrogen (secondary N) is 2. The summed E-state index contributed by atoms with van der Waals surface area (Å²) >= 11 is 0. The Bertz CT molecular complexity index is 662. The summed E-state index contributed by atoms with van der Waals surface area (Å²) in [5.74, 6) is 0.850. The number of nitrogens with zero attached hydrogens (tertiary/aromatic N) is 2. The van der Waals surface area contributed by atoms with E-state index in [1.54, 1.807) is 0 Å². The van der Waals surface area contributed by atoms with Crippen LogP contribution in [0.4, 0.5) is 0 Å². The lowest BCUT2D eigenvalue weighted by Crippen LogP contribution is -2.42. The van der Waals surface area contributed by atoms with Crippen LogP contribution < -0.4 is 10.6 Å². The Balaban J connectivity index is 1.76. The number of rotatable bonds is 8. The second-order valence-electron chi connectivity index (χ2n) is 7.05. The highest BCUT2D eigenvalue weighted by atomic mass is 15.2. The summed E-state index contributed by atoms with van der Waals surface area (Å²) in [5, 5.41) is 6.88. The number of aliphatic imine (C=N–C) groups is 1. The van der Waals surface area contributed by atoms with Crippen LogP contribution in [0.5, 0.6) is 0 Å². The molecule has 0 saturated heterocycles. The summed E-state index contributed by atoms with van der Waals surface area (Å²) < 4.78 is 0. The Morgan fingerprint density at radius 3 is 2.23 bits per heavy atom. The first-order valence-corrected chi connectivity index (χ1v) is 9.30. The fraction of sp³-hybridized carbons (Fsp3) is 0.409. The molecule has 0 heterocycles. The fourth-order valence-electron chi connectivity index (χ4n) is 2.84. The van der Waals surface area contributed by atoms with Crippen LogP contribution in [0.15, 0.2) is 59.6 Å². The van der Waals surface area contributed by atoms with Crippen LogP contribution in [0.3, 0.4) is 0 Å². The van der Waals surface area contributed by atoms with Gasteiger partial charge in [0.25, 0.3) is 0 Å². The van der Waals surface area contributed by atoms with Gasteiger partial charge in [-0.2, -0.15) is 0 Å². The molecule has 0 radical (unpaired) electrons. The van der Waals surface area contributed by atoms with Gasteiger partial charge in [0.2, 0.25) is 0 Å². The van der Waals surface area contributed by atoms with Crippen LogP contribution in [0.25, 0.3) is 0 Å². The molecule has 4 heteroatoms. The van der Waals surface area contributed by atoms with E-state index in [0.29, 0.717) is 6.04 Å². The van der Waals surface area contributed by atoms with E-state index in [9.17, 15) is 0 Å². The van der Waals surface area contributed by atoms with Crippen molar-refractivity contribution in [1.29, 1.82) is 0 Å². The first-order valence-electron chi connectivity index (χ1n) is 9.30. The molecule has 0 aliphatic rings. The third-order valence-corrected chi connectivity index (χ3v) is 4.30. The lowest BCUT2D eigenvalue weighted by atomic mass is 10.1. The van der Waals surface area contributed by atoms with E-state index in [0.717, 1.165) is 31.9 Å². The number of guanidine groups is 1. The van der Waals surface area contributed by atoms with Gasteiger partial charge in [0, 0.05) is 26.2 Å². The van der Waals surface area contributed by atoms with Crippen molar-refractivity contribution < 1.29 is 0 Å². The van der Waals surface area contributed by atoms with Gasteiger partial charge in [-0.3, -0.25) is 4.99 Å². The van der Waals surface area contributed by atoms with Crippen LogP contribution in [0.2, 0.25) is 0 Å². The summed E-state index contributed by atoms with van der Waals surface area (Å²) in [7, 11) is 5.99. The van der Waals surface area contributed by atoms with Gasteiger partial charge >= 0.3 is 0 Å². The molecule has 1 atom stereocenters. The van der Waals surface area contributed by atoms with Crippen molar-refractivity contribution in [3.8, 4) is 0 Å². The van der Waals surface area contributed by atoms with Crippen LogP contribution in [0, 0.1) is 0 Å². The van der Waals surface area contributed by atoms with E-state index in [1.165, 1.54) is 16.7 Å². The molecule has 0 saturated carbocycles. The molecule has 2 aromatic carbocycles. The zero-order valence-electron chi connectivity index (χ0n) is 16.5. The standard InChI is InChI=1S/C22H32N4/c1-18(10-11-19-8-6-5-7-9-19)25-22(23-2)24-16-20-12-14-21(15-13-20)17-26(3)4/h5-9,12-15,18H,10-11,16-17H2,1-4H3,(H2,23,24,25). The molecular weight excluding hydrogens is 320 g/mol. The average Bonchev–Trinajstić information content (AvgIpc) is 2.65. The molecule has 0 bridgehead atoms. The van der Waals surface area contributed by atoms with Crippen molar-refractivity contribution in [2.75, 3.05) is 21.1 Å². The van der Waals surface area contributed by atoms with Crippen molar-refractivity contribution in [2.45, 2.75) is 38.9 Å². The second kappa shape index (κ2) is 10.6. The summed E-state index contributed by atoms with van der Waals surface area (Å²) in [6, 6.07) is 19.7. The molecule has 2 rings (SSSR count). The smallest absolute Gasteiger partial charge is 0.191 e. The molecule has 0 aliphatic heterocycles. The summed E-state index contributed by atoms with van der Waals surface area (Å²) in [6.07, 6.45) is 2.14. The molecule has 1 unspecified atom stereocenters. The SMILES string of the molecule is CN=C(NCc1ccc(CN(C)C)cc1)NC(C)CCc1ccccc1. The van der Waals surface area contributed by atoms with Gasteiger partial charge in [-0.05, 0) is 50.6 Å². The largest absolute Gasteiger partial charge is 0.354 e. The van der Waals surface area contributed by atoms with E-state index < -0.39 is 0 Å². The van der Waals surface area contributed by atoms with Gasteiger partial charge in [-0.1, -0.05) is 54.6 Å². The van der Waals surface area contributed by atoms with Crippen molar-refractivity contribution >= 4 is 5.96 Å². The van der Waals surface area contributed by atoms with Gasteiger partial charge in [-0.25, -0.2) is 0 Å². The third-order valence-electron chi connectivity index (χ3n) is 4.30. The summed E-state index contributed by atoms with van der Waals surface area (Å²) in [4.78, 5) is 6.52. The van der Waals surface area contributed by atoms with E-state index in [4.69, 9.17) is 0 Å². The topological polar surface area (TPSA) is 39.7 Å². The maximum absolute atomic E-state index is 4.34. The molecule has 0 aliphatic carbocycles. The highest BCUT2D eigenvalue weighted by Crippen LogP contribution is 2.07. The van der Waals surface area contributed by atoms with Gasteiger partial charge in [0.05, 0.1) is 0 Å². The zero-order chi connectivity index (χ0) is 18.8. The Morgan fingerprint density at radius 1 is 0.962 bits per heavy atom. The van der Waals surface area contributed by atoms with Gasteiger partial charge in [-0.15, -0.1) is 0 Å². The maximum atomic E-state index is 4.34. The monoisotopic (exact) mass is 352 g/mol. The lowest BCUT2D eigenvalue weighted by Gasteiger charge is -2.18. The van der Waals surface area contributed by atoms with E-state index in [-0.39, 0.29) is 0 Å². The third kappa shape index (κ3) is 7.28. The molecule has 0 amide bonds. The van der Waals surface area contributed by atoms with Gasteiger partial charge in [0.1, 0.15) is 0 Å². The second-order valence-corrected chi connectivity index (χ2v) is 7.05.